The number of nitriles is 2. The maximum absolute atomic E-state index is 8.79. The molecule has 0 saturated carbocycles. The Morgan fingerprint density at radius 1 is 1.08 bits per heavy atom. The normalized spacial score (nSPS) is 9.31. The van der Waals surface area contributed by atoms with Gasteiger partial charge in [-0.3, -0.25) is 0 Å². The van der Waals surface area contributed by atoms with Crippen LogP contribution in [0.3, 0.4) is 0 Å². The number of hydrogen-bond acceptors (Lipinski definition) is 2. The fraction of sp³-hybridized carbons (Fsp3) is 0.111. The molecule has 0 spiro atoms. The summed E-state index contributed by atoms with van der Waals surface area (Å²) in [6.45, 7) is 0. The van der Waals surface area contributed by atoms with Gasteiger partial charge in [0.15, 0.2) is 0 Å². The molecule has 1 aromatic carbocycles. The number of rotatable bonds is 1. The summed E-state index contributed by atoms with van der Waals surface area (Å²) in [6.07, 6.45) is 0. The zero-order valence-corrected chi connectivity index (χ0v) is 9.63. The fourth-order valence-electron chi connectivity index (χ4n) is 0.995. The smallest absolute Gasteiger partial charge is 0.0995 e. The first-order valence-corrected chi connectivity index (χ1v) is 5.25. The number of alkyl halides is 2. The topological polar surface area (TPSA) is 47.6 Å². The lowest BCUT2D eigenvalue weighted by atomic mass is 10.0. The summed E-state index contributed by atoms with van der Waals surface area (Å²) in [5.41, 5.74) is 1.71. The van der Waals surface area contributed by atoms with Gasteiger partial charge in [0.1, 0.15) is 0 Å². The molecule has 0 fully saturated rings. The van der Waals surface area contributed by atoms with Gasteiger partial charge in [0.25, 0.3) is 0 Å². The third-order valence-electron chi connectivity index (χ3n) is 1.57. The van der Waals surface area contributed by atoms with Crippen molar-refractivity contribution in [2.45, 2.75) is 3.74 Å². The van der Waals surface area contributed by atoms with Gasteiger partial charge < -0.3 is 0 Å². The molecule has 0 aromatic heterocycles. The lowest BCUT2D eigenvalue weighted by molar-refractivity contribution is 1.32. The highest BCUT2D eigenvalue weighted by molar-refractivity contribution is 9.24. The summed E-state index contributed by atoms with van der Waals surface area (Å²) in [5.74, 6) is 0. The first kappa shape index (κ1) is 10.2. The van der Waals surface area contributed by atoms with E-state index >= 15 is 0 Å². The molecule has 13 heavy (non-hydrogen) atoms. The third-order valence-corrected chi connectivity index (χ3v) is 2.48. The van der Waals surface area contributed by atoms with Crippen molar-refractivity contribution < 1.29 is 0 Å². The molecule has 0 N–H and O–H groups in total. The standard InChI is InChI=1S/C9H4Br2N2/c10-9(11)8-6(4-12)2-1-3-7(8)5-13/h1-3,9H. The molecule has 0 heterocycles. The monoisotopic (exact) mass is 298 g/mol. The van der Waals surface area contributed by atoms with Crippen molar-refractivity contribution in [2.24, 2.45) is 0 Å². The predicted molar refractivity (Wildman–Crippen MR) is 56.5 cm³/mol. The van der Waals surface area contributed by atoms with Crippen LogP contribution < -0.4 is 0 Å². The molecule has 0 aliphatic rings. The van der Waals surface area contributed by atoms with E-state index in [1.165, 1.54) is 0 Å². The van der Waals surface area contributed by atoms with Gasteiger partial charge in [-0.2, -0.15) is 10.5 Å². The van der Waals surface area contributed by atoms with Crippen molar-refractivity contribution in [1.82, 2.24) is 0 Å². The predicted octanol–water partition coefficient (Wildman–Crippen LogP) is 3.22. The van der Waals surface area contributed by atoms with E-state index in [9.17, 15) is 0 Å². The van der Waals surface area contributed by atoms with Crippen molar-refractivity contribution in [3.8, 4) is 12.1 Å². The van der Waals surface area contributed by atoms with Crippen LogP contribution >= 0.6 is 31.9 Å². The Kier molecular flexibility index (Phi) is 3.48. The van der Waals surface area contributed by atoms with Crippen LogP contribution in [0.2, 0.25) is 0 Å². The van der Waals surface area contributed by atoms with Crippen LogP contribution in [-0.4, -0.2) is 0 Å². The largest absolute Gasteiger partial charge is 0.192 e. The summed E-state index contributed by atoms with van der Waals surface area (Å²) < 4.78 is -0.162. The first-order chi connectivity index (χ1) is 6.20. The number of nitrogens with zero attached hydrogens (tertiary/aromatic N) is 2. The van der Waals surface area contributed by atoms with E-state index < -0.39 is 0 Å². The van der Waals surface area contributed by atoms with E-state index in [4.69, 9.17) is 10.5 Å². The van der Waals surface area contributed by atoms with Gasteiger partial charge in [-0.25, -0.2) is 0 Å². The number of halogens is 2. The highest BCUT2D eigenvalue weighted by Gasteiger charge is 2.13. The number of benzene rings is 1. The van der Waals surface area contributed by atoms with Gasteiger partial charge in [0, 0.05) is 5.56 Å². The highest BCUT2D eigenvalue weighted by Crippen LogP contribution is 2.33. The number of hydrogen-bond donors (Lipinski definition) is 0. The van der Waals surface area contributed by atoms with E-state index in [2.05, 4.69) is 31.9 Å². The average Bonchev–Trinajstić information content (AvgIpc) is 2.16. The van der Waals surface area contributed by atoms with Crippen molar-refractivity contribution in [3.63, 3.8) is 0 Å². The SMILES string of the molecule is N#Cc1cccc(C#N)c1C(Br)Br. The molecule has 1 aromatic rings. The summed E-state index contributed by atoms with van der Waals surface area (Å²) in [5, 5.41) is 17.6. The minimum Gasteiger partial charge on any atom is -0.192 e. The van der Waals surface area contributed by atoms with E-state index in [0.29, 0.717) is 16.7 Å². The van der Waals surface area contributed by atoms with Gasteiger partial charge in [-0.15, -0.1) is 0 Å². The zero-order valence-electron chi connectivity index (χ0n) is 6.46. The molecule has 0 bridgehead atoms. The van der Waals surface area contributed by atoms with Gasteiger partial charge in [-0.1, -0.05) is 37.9 Å². The summed E-state index contributed by atoms with van der Waals surface area (Å²) in [7, 11) is 0. The summed E-state index contributed by atoms with van der Waals surface area (Å²) in [6, 6.07) is 9.15. The highest BCUT2D eigenvalue weighted by atomic mass is 79.9. The maximum Gasteiger partial charge on any atom is 0.0995 e. The fourth-order valence-corrected chi connectivity index (χ4v) is 1.98. The zero-order chi connectivity index (χ0) is 9.84. The molecule has 0 saturated heterocycles. The second-order valence-electron chi connectivity index (χ2n) is 2.29. The van der Waals surface area contributed by atoms with Crippen LogP contribution in [0.5, 0.6) is 0 Å². The van der Waals surface area contributed by atoms with Crippen molar-refractivity contribution in [3.05, 3.63) is 34.9 Å². The van der Waals surface area contributed by atoms with Gasteiger partial charge >= 0.3 is 0 Å². The quantitative estimate of drug-likeness (QED) is 0.748. The lowest BCUT2D eigenvalue weighted by Crippen LogP contribution is -1.92. The Balaban J connectivity index is 3.43. The van der Waals surface area contributed by atoms with E-state index in [1.54, 1.807) is 18.2 Å². The molecular weight excluding hydrogens is 296 g/mol. The van der Waals surface area contributed by atoms with E-state index in [0.717, 1.165) is 0 Å². The molecule has 4 heteroatoms. The van der Waals surface area contributed by atoms with Gasteiger partial charge in [0.2, 0.25) is 0 Å². The van der Waals surface area contributed by atoms with Crippen molar-refractivity contribution in [2.75, 3.05) is 0 Å². The van der Waals surface area contributed by atoms with Gasteiger partial charge in [0.05, 0.1) is 27.0 Å². The Morgan fingerprint density at radius 3 is 1.85 bits per heavy atom. The third kappa shape index (κ3) is 2.09. The minimum absolute atomic E-state index is 0.162. The Bertz CT molecular complexity index is 367. The lowest BCUT2D eigenvalue weighted by Gasteiger charge is -2.06. The molecule has 0 atom stereocenters. The molecule has 0 aliphatic carbocycles. The van der Waals surface area contributed by atoms with Gasteiger partial charge in [-0.05, 0) is 12.1 Å². The molecule has 0 amide bonds. The molecule has 0 unspecified atom stereocenters. The van der Waals surface area contributed by atoms with Crippen LogP contribution in [0.1, 0.15) is 20.4 Å². The molecule has 2 nitrogen and oxygen atoms in total. The Labute approximate surface area is 93.0 Å². The summed E-state index contributed by atoms with van der Waals surface area (Å²) >= 11 is 6.56. The average molecular weight is 300 g/mol. The molecule has 0 radical (unpaired) electrons. The minimum atomic E-state index is -0.162. The first-order valence-electron chi connectivity index (χ1n) is 3.42. The molecule has 64 valence electrons. The van der Waals surface area contributed by atoms with Crippen LogP contribution in [-0.2, 0) is 0 Å². The van der Waals surface area contributed by atoms with Crippen molar-refractivity contribution in [1.29, 1.82) is 10.5 Å². The Hall–Kier alpha value is -0.840. The van der Waals surface area contributed by atoms with E-state index in [1.807, 2.05) is 12.1 Å². The molecule has 0 aliphatic heterocycles. The van der Waals surface area contributed by atoms with E-state index in [-0.39, 0.29) is 3.74 Å². The Morgan fingerprint density at radius 2 is 1.54 bits per heavy atom. The molecular formula is C9H4Br2N2. The summed E-state index contributed by atoms with van der Waals surface area (Å²) in [4.78, 5) is 0. The second kappa shape index (κ2) is 4.41. The van der Waals surface area contributed by atoms with Crippen LogP contribution in [0, 0.1) is 22.7 Å². The van der Waals surface area contributed by atoms with Crippen LogP contribution in [0.25, 0.3) is 0 Å². The van der Waals surface area contributed by atoms with Crippen LogP contribution in [0.4, 0.5) is 0 Å². The second-order valence-corrected chi connectivity index (χ2v) is 5.35. The molecule has 1 rings (SSSR count). The van der Waals surface area contributed by atoms with Crippen LogP contribution in [0.15, 0.2) is 18.2 Å². The maximum atomic E-state index is 8.79. The van der Waals surface area contributed by atoms with Crippen molar-refractivity contribution >= 4 is 31.9 Å².